The molecule has 2 N–H and O–H groups in total. The number of alkyl halides is 1. The van der Waals surface area contributed by atoms with E-state index in [0.717, 1.165) is 11.1 Å². The average Bonchev–Trinajstić information content (AvgIpc) is 2.61. The van der Waals surface area contributed by atoms with Crippen molar-refractivity contribution in [2.45, 2.75) is 18.9 Å². The Morgan fingerprint density at radius 2 is 1.42 bits per heavy atom. The molecule has 0 aromatic heterocycles. The van der Waals surface area contributed by atoms with Crippen molar-refractivity contribution in [3.63, 3.8) is 0 Å². The van der Waals surface area contributed by atoms with E-state index >= 15 is 0 Å². The first-order valence-electron chi connectivity index (χ1n) is 7.87. The lowest BCUT2D eigenvalue weighted by Crippen LogP contribution is -2.46. The van der Waals surface area contributed by atoms with Crippen LogP contribution in [0, 0.1) is 0 Å². The van der Waals surface area contributed by atoms with Gasteiger partial charge in [0.05, 0.1) is 5.92 Å². The third-order valence-electron chi connectivity index (χ3n) is 3.67. The van der Waals surface area contributed by atoms with Gasteiger partial charge in [0.1, 0.15) is 12.7 Å². The Hall–Kier alpha value is -2.69. The summed E-state index contributed by atoms with van der Waals surface area (Å²) in [5, 5.41) is 5.14. The molecule has 1 atom stereocenters. The molecule has 0 saturated heterocycles. The number of nitrogens with one attached hydrogen (secondary N) is 2. The molecule has 5 heteroatoms. The van der Waals surface area contributed by atoms with Crippen LogP contribution >= 0.6 is 0 Å². The third kappa shape index (κ3) is 4.65. The van der Waals surface area contributed by atoms with Crippen LogP contribution in [0.1, 0.15) is 24.0 Å². The van der Waals surface area contributed by atoms with Gasteiger partial charge in [-0.2, -0.15) is 0 Å². The standard InChI is InChI=1S/C19H21FN2O2/c1-14(18(23)21-13-12-20)22-19(24)17(15-8-4-2-5-9-15)16-10-6-3-7-11-16/h2-11,14,17H,12-13H2,1H3,(H,21,23)(H,22,24). The number of carbonyl (C=O) groups excluding carboxylic acids is 2. The number of hydrogen-bond donors (Lipinski definition) is 2. The first-order chi connectivity index (χ1) is 11.6. The monoisotopic (exact) mass is 328 g/mol. The Morgan fingerprint density at radius 3 is 1.88 bits per heavy atom. The molecule has 4 nitrogen and oxygen atoms in total. The second-order valence-corrected chi connectivity index (χ2v) is 5.46. The molecule has 2 aromatic carbocycles. The quantitative estimate of drug-likeness (QED) is 0.820. The van der Waals surface area contributed by atoms with Gasteiger partial charge in [-0.3, -0.25) is 9.59 Å². The molecule has 0 radical (unpaired) electrons. The fourth-order valence-corrected chi connectivity index (χ4v) is 2.47. The molecular formula is C19H21FN2O2. The highest BCUT2D eigenvalue weighted by Gasteiger charge is 2.25. The summed E-state index contributed by atoms with van der Waals surface area (Å²) < 4.78 is 12.1. The molecule has 2 amide bonds. The Kier molecular flexibility index (Phi) is 6.49. The Labute approximate surface area is 141 Å². The van der Waals surface area contributed by atoms with Crippen LogP contribution in [0.25, 0.3) is 0 Å². The number of carbonyl (C=O) groups is 2. The molecule has 1 unspecified atom stereocenters. The van der Waals surface area contributed by atoms with Gasteiger partial charge in [-0.05, 0) is 18.1 Å². The van der Waals surface area contributed by atoms with Crippen LogP contribution in [0.5, 0.6) is 0 Å². The molecular weight excluding hydrogens is 307 g/mol. The zero-order chi connectivity index (χ0) is 17.4. The lowest BCUT2D eigenvalue weighted by molar-refractivity contribution is -0.128. The minimum absolute atomic E-state index is 0.0557. The summed E-state index contributed by atoms with van der Waals surface area (Å²) in [6.45, 7) is 0.890. The van der Waals surface area contributed by atoms with Gasteiger partial charge in [0.2, 0.25) is 11.8 Å². The summed E-state index contributed by atoms with van der Waals surface area (Å²) in [5.41, 5.74) is 1.69. The molecule has 24 heavy (non-hydrogen) atoms. The van der Waals surface area contributed by atoms with Crippen molar-refractivity contribution in [3.05, 3.63) is 71.8 Å². The number of benzene rings is 2. The van der Waals surface area contributed by atoms with Crippen LogP contribution in [0.2, 0.25) is 0 Å². The van der Waals surface area contributed by atoms with Crippen molar-refractivity contribution in [2.75, 3.05) is 13.2 Å². The van der Waals surface area contributed by atoms with Gasteiger partial charge in [0, 0.05) is 6.54 Å². The largest absolute Gasteiger partial charge is 0.352 e. The van der Waals surface area contributed by atoms with Crippen molar-refractivity contribution in [1.82, 2.24) is 10.6 Å². The Balaban J connectivity index is 2.18. The maximum atomic E-state index is 12.8. The van der Waals surface area contributed by atoms with Crippen molar-refractivity contribution in [2.24, 2.45) is 0 Å². The van der Waals surface area contributed by atoms with E-state index in [1.54, 1.807) is 6.92 Å². The SMILES string of the molecule is CC(NC(=O)C(c1ccccc1)c1ccccc1)C(=O)NCCF. The van der Waals surface area contributed by atoms with Crippen molar-refractivity contribution >= 4 is 11.8 Å². The fourth-order valence-electron chi connectivity index (χ4n) is 2.47. The van der Waals surface area contributed by atoms with Gasteiger partial charge in [-0.15, -0.1) is 0 Å². The highest BCUT2D eigenvalue weighted by atomic mass is 19.1. The summed E-state index contributed by atoms with van der Waals surface area (Å²) in [6, 6.07) is 18.0. The van der Waals surface area contributed by atoms with Crippen LogP contribution in [-0.2, 0) is 9.59 Å². The van der Waals surface area contributed by atoms with E-state index in [1.165, 1.54) is 0 Å². The van der Waals surface area contributed by atoms with Gasteiger partial charge >= 0.3 is 0 Å². The van der Waals surface area contributed by atoms with Crippen molar-refractivity contribution < 1.29 is 14.0 Å². The maximum Gasteiger partial charge on any atom is 0.242 e. The number of halogens is 1. The van der Waals surface area contributed by atoms with Crippen LogP contribution in [-0.4, -0.2) is 31.1 Å². The van der Waals surface area contributed by atoms with Crippen LogP contribution < -0.4 is 10.6 Å². The number of rotatable bonds is 7. The molecule has 0 heterocycles. The van der Waals surface area contributed by atoms with Crippen molar-refractivity contribution in [3.8, 4) is 0 Å². The number of amides is 2. The zero-order valence-corrected chi connectivity index (χ0v) is 13.5. The van der Waals surface area contributed by atoms with Gasteiger partial charge in [0.15, 0.2) is 0 Å². The Morgan fingerprint density at radius 1 is 0.917 bits per heavy atom. The predicted octanol–water partition coefficient (Wildman–Crippen LogP) is 2.41. The van der Waals surface area contributed by atoms with Crippen LogP contribution in [0.4, 0.5) is 4.39 Å². The second kappa shape index (κ2) is 8.82. The molecule has 0 aliphatic rings. The highest BCUT2D eigenvalue weighted by molar-refractivity contribution is 5.92. The van der Waals surface area contributed by atoms with E-state index in [4.69, 9.17) is 0 Å². The molecule has 0 fully saturated rings. The highest BCUT2D eigenvalue weighted by Crippen LogP contribution is 2.24. The molecule has 2 aromatic rings. The van der Waals surface area contributed by atoms with Crippen molar-refractivity contribution in [1.29, 1.82) is 0 Å². The minimum Gasteiger partial charge on any atom is -0.352 e. The van der Waals surface area contributed by atoms with Crippen LogP contribution in [0.15, 0.2) is 60.7 Å². The first kappa shape index (κ1) is 17.7. The smallest absolute Gasteiger partial charge is 0.242 e. The molecule has 0 aliphatic heterocycles. The molecule has 0 saturated carbocycles. The lowest BCUT2D eigenvalue weighted by Gasteiger charge is -2.20. The topological polar surface area (TPSA) is 58.2 Å². The van der Waals surface area contributed by atoms with E-state index in [2.05, 4.69) is 10.6 Å². The normalized spacial score (nSPS) is 11.8. The van der Waals surface area contributed by atoms with E-state index in [-0.39, 0.29) is 12.5 Å². The van der Waals surface area contributed by atoms with Gasteiger partial charge in [-0.1, -0.05) is 60.7 Å². The summed E-state index contributed by atoms with van der Waals surface area (Å²) in [7, 11) is 0. The fraction of sp³-hybridized carbons (Fsp3) is 0.263. The second-order valence-electron chi connectivity index (χ2n) is 5.46. The zero-order valence-electron chi connectivity index (χ0n) is 13.5. The van der Waals surface area contributed by atoms with Gasteiger partial charge < -0.3 is 10.6 Å². The Bertz CT molecular complexity index is 622. The van der Waals surface area contributed by atoms with E-state index in [9.17, 15) is 14.0 Å². The summed E-state index contributed by atoms with van der Waals surface area (Å²) in [5.74, 6) is -1.18. The first-order valence-corrected chi connectivity index (χ1v) is 7.87. The predicted molar refractivity (Wildman–Crippen MR) is 91.3 cm³/mol. The summed E-state index contributed by atoms with van der Waals surface area (Å²) in [6.07, 6.45) is 0. The summed E-state index contributed by atoms with van der Waals surface area (Å²) in [4.78, 5) is 24.6. The molecule has 2 rings (SSSR count). The molecule has 126 valence electrons. The third-order valence-corrected chi connectivity index (χ3v) is 3.67. The minimum atomic E-state index is -0.737. The number of hydrogen-bond acceptors (Lipinski definition) is 2. The van der Waals surface area contributed by atoms with E-state index in [0.29, 0.717) is 0 Å². The van der Waals surface area contributed by atoms with Gasteiger partial charge in [-0.25, -0.2) is 4.39 Å². The summed E-state index contributed by atoms with van der Waals surface area (Å²) >= 11 is 0. The maximum absolute atomic E-state index is 12.8. The van der Waals surface area contributed by atoms with E-state index in [1.807, 2.05) is 60.7 Å². The van der Waals surface area contributed by atoms with Crippen LogP contribution in [0.3, 0.4) is 0 Å². The molecule has 0 bridgehead atoms. The van der Waals surface area contributed by atoms with E-state index < -0.39 is 24.5 Å². The molecule has 0 spiro atoms. The van der Waals surface area contributed by atoms with Gasteiger partial charge in [0.25, 0.3) is 0 Å². The average molecular weight is 328 g/mol. The lowest BCUT2D eigenvalue weighted by atomic mass is 9.90. The molecule has 0 aliphatic carbocycles.